The molecule has 0 atom stereocenters. The Morgan fingerprint density at radius 2 is 1.93 bits per heavy atom. The van der Waals surface area contributed by atoms with Gasteiger partial charge in [0.25, 0.3) is 5.56 Å². The second-order valence-corrected chi connectivity index (χ2v) is 9.21. The number of hydrogen-bond acceptors (Lipinski definition) is 6. The van der Waals surface area contributed by atoms with Crippen molar-refractivity contribution in [3.8, 4) is 0 Å². The fourth-order valence-corrected chi connectivity index (χ4v) is 5.52. The molecular formula is C20H26N6OS. The van der Waals surface area contributed by atoms with Crippen LogP contribution in [0.2, 0.25) is 0 Å². The second-order valence-electron chi connectivity index (χ2n) is 8.01. The third kappa shape index (κ3) is 2.86. The van der Waals surface area contributed by atoms with Crippen LogP contribution in [-0.2, 0) is 26.6 Å². The van der Waals surface area contributed by atoms with E-state index in [1.54, 1.807) is 11.3 Å². The Bertz CT molecular complexity index is 1100. The zero-order chi connectivity index (χ0) is 19.4. The van der Waals surface area contributed by atoms with Crippen LogP contribution in [0.4, 0.5) is 5.82 Å². The van der Waals surface area contributed by atoms with Gasteiger partial charge in [0.1, 0.15) is 16.5 Å². The largest absolute Gasteiger partial charge is 0.350 e. The highest BCUT2D eigenvalue weighted by Gasteiger charge is 2.27. The van der Waals surface area contributed by atoms with Gasteiger partial charge in [-0.05, 0) is 51.8 Å². The number of H-pyrrole nitrogens is 1. The van der Waals surface area contributed by atoms with Crippen LogP contribution in [0.5, 0.6) is 0 Å². The molecule has 28 heavy (non-hydrogen) atoms. The summed E-state index contributed by atoms with van der Waals surface area (Å²) >= 11 is 1.76. The normalized spacial score (nSPS) is 17.6. The van der Waals surface area contributed by atoms with Crippen LogP contribution in [-0.4, -0.2) is 44.3 Å². The summed E-state index contributed by atoms with van der Waals surface area (Å²) in [6.07, 6.45) is 3.28. The van der Waals surface area contributed by atoms with Gasteiger partial charge in [0, 0.05) is 24.0 Å². The molecule has 1 N–H and O–H groups in total. The Labute approximate surface area is 168 Å². The van der Waals surface area contributed by atoms with Crippen LogP contribution in [0.3, 0.4) is 0 Å². The number of aromatic nitrogens is 4. The lowest BCUT2D eigenvalue weighted by Gasteiger charge is -2.29. The number of anilines is 1. The number of thiophene rings is 1. The lowest BCUT2D eigenvalue weighted by atomic mass is 10.1. The molecule has 3 aromatic rings. The topological polar surface area (TPSA) is 70.1 Å². The van der Waals surface area contributed by atoms with Crippen LogP contribution in [0.1, 0.15) is 40.4 Å². The number of likely N-dealkylation sites (tertiary alicyclic amines) is 1. The summed E-state index contributed by atoms with van der Waals surface area (Å²) in [5.41, 5.74) is 3.30. The van der Waals surface area contributed by atoms with E-state index in [-0.39, 0.29) is 5.56 Å². The van der Waals surface area contributed by atoms with E-state index in [4.69, 9.17) is 9.97 Å². The maximum Gasteiger partial charge on any atom is 0.267 e. The zero-order valence-electron chi connectivity index (χ0n) is 16.7. The highest BCUT2D eigenvalue weighted by atomic mass is 32.1. The van der Waals surface area contributed by atoms with E-state index in [2.05, 4.69) is 28.7 Å². The van der Waals surface area contributed by atoms with Crippen LogP contribution >= 0.6 is 11.3 Å². The summed E-state index contributed by atoms with van der Waals surface area (Å²) in [6.45, 7) is 8.94. The van der Waals surface area contributed by atoms with Gasteiger partial charge in [0.2, 0.25) is 0 Å². The van der Waals surface area contributed by atoms with E-state index in [0.29, 0.717) is 6.54 Å². The summed E-state index contributed by atoms with van der Waals surface area (Å²) in [5, 5.41) is 4.08. The standard InChI is InChI=1S/C20H26N6OS/c1-12-13(2)28-20-17(12)18(21-16(22-20)11-25-7-4-5-8-25)26-9-6-14-15(10-26)24(3)23-19(14)27/h4-11H2,1-3H3,(H,23,27). The number of aryl methyl sites for hydroxylation is 3. The average Bonchev–Trinajstić information content (AvgIpc) is 3.35. The molecule has 2 aliphatic rings. The van der Waals surface area contributed by atoms with Gasteiger partial charge in [0.05, 0.1) is 24.2 Å². The van der Waals surface area contributed by atoms with Gasteiger partial charge in [-0.25, -0.2) is 9.97 Å². The third-order valence-corrected chi connectivity index (χ3v) is 7.29. The number of nitrogens with zero attached hydrogens (tertiary/aromatic N) is 5. The summed E-state index contributed by atoms with van der Waals surface area (Å²) in [6, 6.07) is 0. The Hall–Kier alpha value is -2.19. The van der Waals surface area contributed by atoms with Gasteiger partial charge in [-0.1, -0.05) is 0 Å². The van der Waals surface area contributed by atoms with Crippen molar-refractivity contribution in [2.45, 2.75) is 46.2 Å². The van der Waals surface area contributed by atoms with Gasteiger partial charge in [0.15, 0.2) is 0 Å². The highest BCUT2D eigenvalue weighted by molar-refractivity contribution is 7.18. The molecule has 3 aromatic heterocycles. The first-order valence-electron chi connectivity index (χ1n) is 10.0. The number of fused-ring (bicyclic) bond motifs is 2. The van der Waals surface area contributed by atoms with E-state index in [0.717, 1.165) is 60.3 Å². The van der Waals surface area contributed by atoms with Crippen molar-refractivity contribution in [3.05, 3.63) is 37.9 Å². The number of nitrogens with one attached hydrogen (secondary N) is 1. The molecule has 0 aromatic carbocycles. The second kappa shape index (κ2) is 6.70. The lowest BCUT2D eigenvalue weighted by Crippen LogP contribution is -2.33. The van der Waals surface area contributed by atoms with Gasteiger partial charge < -0.3 is 4.90 Å². The molecular weight excluding hydrogens is 372 g/mol. The minimum Gasteiger partial charge on any atom is -0.350 e. The molecule has 7 nitrogen and oxygen atoms in total. The van der Waals surface area contributed by atoms with Crippen molar-refractivity contribution >= 4 is 27.4 Å². The van der Waals surface area contributed by atoms with Crippen molar-refractivity contribution < 1.29 is 0 Å². The molecule has 0 bridgehead atoms. The molecule has 0 amide bonds. The first-order valence-corrected chi connectivity index (χ1v) is 10.8. The summed E-state index contributed by atoms with van der Waals surface area (Å²) in [5.74, 6) is 1.94. The van der Waals surface area contributed by atoms with E-state index in [1.165, 1.54) is 28.7 Å². The summed E-state index contributed by atoms with van der Waals surface area (Å²) in [4.78, 5) is 29.3. The van der Waals surface area contributed by atoms with Crippen LogP contribution in [0.15, 0.2) is 4.79 Å². The highest BCUT2D eigenvalue weighted by Crippen LogP contribution is 2.36. The fourth-order valence-electron chi connectivity index (χ4n) is 4.48. The van der Waals surface area contributed by atoms with Crippen molar-refractivity contribution in [2.24, 2.45) is 7.05 Å². The van der Waals surface area contributed by atoms with Crippen LogP contribution < -0.4 is 10.5 Å². The fraction of sp³-hybridized carbons (Fsp3) is 0.550. The molecule has 1 saturated heterocycles. The molecule has 5 rings (SSSR count). The van der Waals surface area contributed by atoms with E-state index < -0.39 is 0 Å². The average molecular weight is 399 g/mol. The zero-order valence-corrected chi connectivity index (χ0v) is 17.5. The molecule has 0 aliphatic carbocycles. The first-order chi connectivity index (χ1) is 13.5. The minimum atomic E-state index is 0.0438. The molecule has 0 spiro atoms. The first kappa shape index (κ1) is 17.9. The SMILES string of the molecule is Cc1sc2nc(CN3CCCC3)nc(N3CCc4c(n(C)[nH]c4=O)C3)c2c1C. The monoisotopic (exact) mass is 398 g/mol. The molecule has 148 valence electrons. The van der Waals surface area contributed by atoms with Crippen molar-refractivity contribution in [2.75, 3.05) is 24.5 Å². The van der Waals surface area contributed by atoms with E-state index >= 15 is 0 Å². The molecule has 2 aliphatic heterocycles. The Morgan fingerprint density at radius 1 is 1.14 bits per heavy atom. The number of hydrogen-bond donors (Lipinski definition) is 1. The van der Waals surface area contributed by atoms with Crippen LogP contribution in [0, 0.1) is 13.8 Å². The Morgan fingerprint density at radius 3 is 2.71 bits per heavy atom. The van der Waals surface area contributed by atoms with Gasteiger partial charge in [-0.3, -0.25) is 19.5 Å². The summed E-state index contributed by atoms with van der Waals surface area (Å²) in [7, 11) is 1.91. The van der Waals surface area contributed by atoms with Crippen molar-refractivity contribution in [1.82, 2.24) is 24.6 Å². The van der Waals surface area contributed by atoms with Gasteiger partial charge in [-0.2, -0.15) is 0 Å². The molecule has 0 unspecified atom stereocenters. The third-order valence-electron chi connectivity index (χ3n) is 6.19. The predicted octanol–water partition coefficient (Wildman–Crippen LogP) is 2.49. The molecule has 0 radical (unpaired) electrons. The smallest absolute Gasteiger partial charge is 0.267 e. The van der Waals surface area contributed by atoms with Crippen molar-refractivity contribution in [3.63, 3.8) is 0 Å². The number of aromatic amines is 1. The molecule has 8 heteroatoms. The van der Waals surface area contributed by atoms with Crippen molar-refractivity contribution in [1.29, 1.82) is 0 Å². The van der Waals surface area contributed by atoms with Crippen LogP contribution in [0.25, 0.3) is 10.2 Å². The maximum absolute atomic E-state index is 12.1. The number of rotatable bonds is 3. The Balaban J connectivity index is 1.59. The summed E-state index contributed by atoms with van der Waals surface area (Å²) < 4.78 is 1.86. The molecule has 5 heterocycles. The predicted molar refractivity (Wildman–Crippen MR) is 112 cm³/mol. The molecule has 1 fully saturated rings. The quantitative estimate of drug-likeness (QED) is 0.734. The minimum absolute atomic E-state index is 0.0438. The maximum atomic E-state index is 12.1. The van der Waals surface area contributed by atoms with Gasteiger partial charge in [-0.15, -0.1) is 11.3 Å². The molecule has 0 saturated carbocycles. The van der Waals surface area contributed by atoms with E-state index in [9.17, 15) is 4.79 Å². The van der Waals surface area contributed by atoms with E-state index in [1.807, 2.05) is 11.7 Å². The van der Waals surface area contributed by atoms with Gasteiger partial charge >= 0.3 is 0 Å². The Kier molecular flexibility index (Phi) is 4.28. The lowest BCUT2D eigenvalue weighted by molar-refractivity contribution is 0.323.